The van der Waals surface area contributed by atoms with Crippen molar-refractivity contribution in [2.75, 3.05) is 14.1 Å². The molecule has 0 aromatic carbocycles. The molecule has 0 fully saturated rings. The van der Waals surface area contributed by atoms with Gasteiger partial charge in [-0.2, -0.15) is 0 Å². The average Bonchev–Trinajstić information content (AvgIpc) is 2.09. The normalized spacial score (nSPS) is 10.0. The second kappa shape index (κ2) is 3.65. The minimum absolute atomic E-state index is 0.220. The minimum atomic E-state index is -0.255. The van der Waals surface area contributed by atoms with E-state index in [1.165, 1.54) is 9.47 Å². The molecule has 1 heterocycles. The molecule has 1 rings (SSSR count). The summed E-state index contributed by atoms with van der Waals surface area (Å²) in [6.45, 7) is 1.85. The lowest BCUT2D eigenvalue weighted by Gasteiger charge is -2.11. The van der Waals surface area contributed by atoms with Gasteiger partial charge < -0.3 is 9.47 Å². The lowest BCUT2D eigenvalue weighted by Crippen LogP contribution is -2.31. The van der Waals surface area contributed by atoms with Crippen LogP contribution in [0.15, 0.2) is 17.1 Å². The second-order valence-electron chi connectivity index (χ2n) is 3.55. The Balaban J connectivity index is 3.35. The number of hydrogen-bond donors (Lipinski definition) is 0. The van der Waals surface area contributed by atoms with E-state index < -0.39 is 0 Å². The molecule has 0 saturated heterocycles. The molecule has 0 atom stereocenters. The van der Waals surface area contributed by atoms with E-state index in [1.807, 2.05) is 6.92 Å². The Labute approximate surface area is 82.8 Å². The van der Waals surface area contributed by atoms with Crippen LogP contribution in [0.5, 0.6) is 0 Å². The summed E-state index contributed by atoms with van der Waals surface area (Å²) in [5, 5.41) is 0. The zero-order chi connectivity index (χ0) is 10.9. The largest absolute Gasteiger partial charge is 0.345 e. The van der Waals surface area contributed by atoms with Crippen LogP contribution < -0.4 is 5.56 Å². The van der Waals surface area contributed by atoms with Gasteiger partial charge in [-0.1, -0.05) is 0 Å². The minimum Gasteiger partial charge on any atom is -0.345 e. The van der Waals surface area contributed by atoms with E-state index >= 15 is 0 Å². The second-order valence-corrected chi connectivity index (χ2v) is 3.55. The SMILES string of the molecule is Cc1cc(C(=O)N(C)C)c(=O)n(C)c1. The highest BCUT2D eigenvalue weighted by molar-refractivity contribution is 5.93. The molecule has 1 aromatic rings. The third kappa shape index (κ3) is 1.84. The van der Waals surface area contributed by atoms with Crippen molar-refractivity contribution in [1.29, 1.82) is 0 Å². The number of hydrogen-bond acceptors (Lipinski definition) is 2. The predicted molar refractivity (Wildman–Crippen MR) is 54.4 cm³/mol. The number of rotatable bonds is 1. The summed E-state index contributed by atoms with van der Waals surface area (Å²) in [5.74, 6) is -0.255. The van der Waals surface area contributed by atoms with Crippen molar-refractivity contribution in [3.8, 4) is 0 Å². The molecule has 0 saturated carbocycles. The molecule has 0 aliphatic heterocycles. The smallest absolute Gasteiger partial charge is 0.263 e. The van der Waals surface area contributed by atoms with Gasteiger partial charge in [0.25, 0.3) is 11.5 Å². The molecule has 0 N–H and O–H groups in total. The Hall–Kier alpha value is -1.58. The highest BCUT2D eigenvalue weighted by Crippen LogP contribution is 2.00. The maximum absolute atomic E-state index is 11.6. The van der Waals surface area contributed by atoms with Crippen molar-refractivity contribution in [2.24, 2.45) is 7.05 Å². The first kappa shape index (κ1) is 10.5. The van der Waals surface area contributed by atoms with Crippen LogP contribution in [0.3, 0.4) is 0 Å². The molecule has 0 bridgehead atoms. The van der Waals surface area contributed by atoms with Gasteiger partial charge in [0.05, 0.1) is 0 Å². The maximum atomic E-state index is 11.6. The van der Waals surface area contributed by atoms with E-state index in [-0.39, 0.29) is 17.0 Å². The number of aryl methyl sites for hydroxylation is 2. The van der Waals surface area contributed by atoms with E-state index in [9.17, 15) is 9.59 Å². The number of carbonyl (C=O) groups is 1. The van der Waals surface area contributed by atoms with Crippen LogP contribution >= 0.6 is 0 Å². The first-order chi connectivity index (χ1) is 6.43. The molecular formula is C10H14N2O2. The number of pyridine rings is 1. The van der Waals surface area contributed by atoms with Crippen molar-refractivity contribution >= 4 is 5.91 Å². The van der Waals surface area contributed by atoms with Crippen LogP contribution in [-0.4, -0.2) is 29.5 Å². The Morgan fingerprint density at radius 1 is 1.43 bits per heavy atom. The van der Waals surface area contributed by atoms with Gasteiger partial charge in [-0.15, -0.1) is 0 Å². The summed E-state index contributed by atoms with van der Waals surface area (Å²) in [6.07, 6.45) is 1.70. The first-order valence-electron chi connectivity index (χ1n) is 4.32. The van der Waals surface area contributed by atoms with Crippen LogP contribution in [0.2, 0.25) is 0 Å². The Morgan fingerprint density at radius 3 is 2.50 bits per heavy atom. The van der Waals surface area contributed by atoms with E-state index in [1.54, 1.807) is 33.4 Å². The monoisotopic (exact) mass is 194 g/mol. The van der Waals surface area contributed by atoms with Gasteiger partial charge in [-0.25, -0.2) is 0 Å². The summed E-state index contributed by atoms with van der Waals surface area (Å²) in [4.78, 5) is 24.6. The van der Waals surface area contributed by atoms with E-state index in [0.717, 1.165) is 5.56 Å². The number of nitrogens with zero attached hydrogens (tertiary/aromatic N) is 2. The highest BCUT2D eigenvalue weighted by Gasteiger charge is 2.13. The Bertz CT molecular complexity index is 419. The molecule has 0 radical (unpaired) electrons. The summed E-state index contributed by atoms with van der Waals surface area (Å²) in [6, 6.07) is 1.62. The standard InChI is InChI=1S/C10H14N2O2/c1-7-5-8(9(13)11(2)3)10(14)12(4)6-7/h5-6H,1-4H3. The average molecular weight is 194 g/mol. The van der Waals surface area contributed by atoms with E-state index in [2.05, 4.69) is 0 Å². The molecular weight excluding hydrogens is 180 g/mol. The molecule has 0 aliphatic carbocycles. The maximum Gasteiger partial charge on any atom is 0.263 e. The summed E-state index contributed by atoms with van der Waals surface area (Å²) >= 11 is 0. The Kier molecular flexibility index (Phi) is 2.74. The summed E-state index contributed by atoms with van der Waals surface area (Å²) in [7, 11) is 4.90. The molecule has 76 valence electrons. The van der Waals surface area contributed by atoms with Gasteiger partial charge in [-0.3, -0.25) is 9.59 Å². The molecule has 4 nitrogen and oxygen atoms in total. The third-order valence-corrected chi connectivity index (χ3v) is 1.96. The van der Waals surface area contributed by atoms with Gasteiger partial charge in [0.1, 0.15) is 5.56 Å². The van der Waals surface area contributed by atoms with Gasteiger partial charge >= 0.3 is 0 Å². The van der Waals surface area contributed by atoms with Crippen LogP contribution in [0.1, 0.15) is 15.9 Å². The number of amides is 1. The van der Waals surface area contributed by atoms with Crippen LogP contribution in [0.25, 0.3) is 0 Å². The van der Waals surface area contributed by atoms with Gasteiger partial charge in [0.15, 0.2) is 0 Å². The highest BCUT2D eigenvalue weighted by atomic mass is 16.2. The van der Waals surface area contributed by atoms with Gasteiger partial charge in [-0.05, 0) is 18.6 Å². The lowest BCUT2D eigenvalue weighted by molar-refractivity contribution is 0.0825. The first-order valence-corrected chi connectivity index (χ1v) is 4.32. The third-order valence-electron chi connectivity index (χ3n) is 1.96. The fraction of sp³-hybridized carbons (Fsp3) is 0.400. The topological polar surface area (TPSA) is 42.3 Å². The van der Waals surface area contributed by atoms with Crippen molar-refractivity contribution in [3.63, 3.8) is 0 Å². The fourth-order valence-corrected chi connectivity index (χ4v) is 1.27. The van der Waals surface area contributed by atoms with Crippen LogP contribution in [0, 0.1) is 6.92 Å². The summed E-state index contributed by atoms with van der Waals surface area (Å²) < 4.78 is 1.42. The molecule has 14 heavy (non-hydrogen) atoms. The lowest BCUT2D eigenvalue weighted by atomic mass is 10.2. The predicted octanol–water partition coefficient (Wildman–Crippen LogP) is 0.396. The molecule has 1 amide bonds. The summed E-state index contributed by atoms with van der Waals surface area (Å²) in [5.41, 5.74) is 0.865. The molecule has 0 unspecified atom stereocenters. The number of aromatic nitrogens is 1. The van der Waals surface area contributed by atoms with Crippen LogP contribution in [-0.2, 0) is 7.05 Å². The Morgan fingerprint density at radius 2 is 2.00 bits per heavy atom. The van der Waals surface area contributed by atoms with E-state index in [0.29, 0.717) is 0 Å². The zero-order valence-electron chi connectivity index (χ0n) is 8.87. The van der Waals surface area contributed by atoms with Crippen molar-refractivity contribution < 1.29 is 4.79 Å². The molecule has 0 aliphatic rings. The molecule has 0 spiro atoms. The molecule has 1 aromatic heterocycles. The fourth-order valence-electron chi connectivity index (χ4n) is 1.27. The zero-order valence-corrected chi connectivity index (χ0v) is 8.87. The van der Waals surface area contributed by atoms with Crippen LogP contribution in [0.4, 0.5) is 0 Å². The van der Waals surface area contributed by atoms with Crippen molar-refractivity contribution in [1.82, 2.24) is 9.47 Å². The van der Waals surface area contributed by atoms with E-state index in [4.69, 9.17) is 0 Å². The number of carbonyl (C=O) groups excluding carboxylic acids is 1. The molecule has 4 heteroatoms. The van der Waals surface area contributed by atoms with Crippen molar-refractivity contribution in [3.05, 3.63) is 33.7 Å². The van der Waals surface area contributed by atoms with Gasteiger partial charge in [0, 0.05) is 27.3 Å². The van der Waals surface area contributed by atoms with Gasteiger partial charge in [0.2, 0.25) is 0 Å². The van der Waals surface area contributed by atoms with Crippen molar-refractivity contribution in [2.45, 2.75) is 6.92 Å². The quantitative estimate of drug-likeness (QED) is 0.649.